The van der Waals surface area contributed by atoms with Crippen molar-refractivity contribution in [3.63, 3.8) is 0 Å². The molecule has 0 aliphatic heterocycles. The van der Waals surface area contributed by atoms with E-state index >= 15 is 0 Å². The van der Waals surface area contributed by atoms with E-state index in [1.165, 1.54) is 11.9 Å². The van der Waals surface area contributed by atoms with E-state index in [9.17, 15) is 0 Å². The van der Waals surface area contributed by atoms with Gasteiger partial charge in [-0.25, -0.2) is 9.97 Å². The third-order valence-electron chi connectivity index (χ3n) is 3.20. The zero-order valence-corrected chi connectivity index (χ0v) is 12.7. The first-order valence-electron chi connectivity index (χ1n) is 6.80. The molecule has 0 saturated carbocycles. The Hall–Kier alpha value is -2.10. The second-order valence-electron chi connectivity index (χ2n) is 5.22. The van der Waals surface area contributed by atoms with E-state index < -0.39 is 0 Å². The average Bonchev–Trinajstić information content (AvgIpc) is 2.41. The Morgan fingerprint density at radius 3 is 2.50 bits per heavy atom. The molecule has 1 aromatic heterocycles. The minimum Gasteiger partial charge on any atom is -0.438 e. The summed E-state index contributed by atoms with van der Waals surface area (Å²) >= 11 is 0. The molecule has 0 bridgehead atoms. The van der Waals surface area contributed by atoms with E-state index in [0.717, 1.165) is 22.7 Å². The van der Waals surface area contributed by atoms with Gasteiger partial charge in [0.2, 0.25) is 5.88 Å². The van der Waals surface area contributed by atoms with E-state index in [1.54, 1.807) is 0 Å². The predicted molar refractivity (Wildman–Crippen MR) is 81.7 cm³/mol. The van der Waals surface area contributed by atoms with Crippen molar-refractivity contribution in [2.24, 2.45) is 0 Å². The molecule has 0 unspecified atom stereocenters. The van der Waals surface area contributed by atoms with Crippen molar-refractivity contribution in [3.8, 4) is 11.6 Å². The molecular formula is C16H21N3O. The first-order valence-corrected chi connectivity index (χ1v) is 6.80. The van der Waals surface area contributed by atoms with Crippen molar-refractivity contribution >= 4 is 5.82 Å². The van der Waals surface area contributed by atoms with Crippen LogP contribution in [-0.4, -0.2) is 17.0 Å². The fourth-order valence-corrected chi connectivity index (χ4v) is 2.20. The molecule has 1 aromatic carbocycles. The number of nitrogens with one attached hydrogen (secondary N) is 1. The maximum Gasteiger partial charge on any atom is 0.227 e. The molecule has 20 heavy (non-hydrogen) atoms. The SMILES string of the molecule is CNc1ncnc(Oc2ccc(C)cc2C)c1C(C)C. The van der Waals surface area contributed by atoms with Crippen molar-refractivity contribution in [1.29, 1.82) is 0 Å². The fourth-order valence-electron chi connectivity index (χ4n) is 2.20. The summed E-state index contributed by atoms with van der Waals surface area (Å²) in [7, 11) is 1.86. The summed E-state index contributed by atoms with van der Waals surface area (Å²) < 4.78 is 6.01. The lowest BCUT2D eigenvalue weighted by Crippen LogP contribution is -2.05. The van der Waals surface area contributed by atoms with Crippen LogP contribution in [0.5, 0.6) is 11.6 Å². The molecule has 0 fully saturated rings. The Balaban J connectivity index is 2.43. The standard InChI is InChI=1S/C16H21N3O/c1-10(2)14-15(17-5)18-9-19-16(14)20-13-7-6-11(3)8-12(13)4/h6-10H,1-5H3,(H,17,18,19). The molecule has 106 valence electrons. The largest absolute Gasteiger partial charge is 0.438 e. The van der Waals surface area contributed by atoms with Crippen LogP contribution in [0.3, 0.4) is 0 Å². The van der Waals surface area contributed by atoms with Crippen LogP contribution < -0.4 is 10.1 Å². The molecule has 4 heteroatoms. The molecule has 1 heterocycles. The van der Waals surface area contributed by atoms with Gasteiger partial charge in [0.1, 0.15) is 17.9 Å². The highest BCUT2D eigenvalue weighted by Gasteiger charge is 2.16. The maximum atomic E-state index is 6.01. The van der Waals surface area contributed by atoms with E-state index in [0.29, 0.717) is 5.88 Å². The predicted octanol–water partition coefficient (Wildman–Crippen LogP) is 4.05. The number of nitrogens with zero attached hydrogens (tertiary/aromatic N) is 2. The normalized spacial score (nSPS) is 10.7. The summed E-state index contributed by atoms with van der Waals surface area (Å²) in [5.41, 5.74) is 3.32. The molecule has 0 aliphatic rings. The molecular weight excluding hydrogens is 250 g/mol. The topological polar surface area (TPSA) is 47.0 Å². The Morgan fingerprint density at radius 1 is 1.15 bits per heavy atom. The van der Waals surface area contributed by atoms with Gasteiger partial charge < -0.3 is 10.1 Å². The summed E-state index contributed by atoms with van der Waals surface area (Å²) in [5.74, 6) is 2.54. The number of anilines is 1. The van der Waals surface area contributed by atoms with Crippen LogP contribution in [0.1, 0.15) is 36.5 Å². The highest BCUT2D eigenvalue weighted by molar-refractivity contribution is 5.51. The molecule has 1 N–H and O–H groups in total. The highest BCUT2D eigenvalue weighted by Crippen LogP contribution is 2.33. The van der Waals surface area contributed by atoms with E-state index in [4.69, 9.17) is 4.74 Å². The summed E-state index contributed by atoms with van der Waals surface area (Å²) in [6, 6.07) is 6.12. The highest BCUT2D eigenvalue weighted by atomic mass is 16.5. The monoisotopic (exact) mass is 271 g/mol. The van der Waals surface area contributed by atoms with Crippen LogP contribution in [-0.2, 0) is 0 Å². The number of aryl methyl sites for hydroxylation is 2. The van der Waals surface area contributed by atoms with Gasteiger partial charge in [-0.2, -0.15) is 0 Å². The number of hydrogen-bond acceptors (Lipinski definition) is 4. The molecule has 0 radical (unpaired) electrons. The average molecular weight is 271 g/mol. The summed E-state index contributed by atoms with van der Waals surface area (Å²) in [6.45, 7) is 8.32. The summed E-state index contributed by atoms with van der Waals surface area (Å²) in [6.07, 6.45) is 1.52. The second-order valence-corrected chi connectivity index (χ2v) is 5.22. The van der Waals surface area contributed by atoms with Crippen molar-refractivity contribution in [1.82, 2.24) is 9.97 Å². The van der Waals surface area contributed by atoms with E-state index in [1.807, 2.05) is 26.1 Å². The van der Waals surface area contributed by atoms with Crippen molar-refractivity contribution < 1.29 is 4.74 Å². The van der Waals surface area contributed by atoms with Crippen molar-refractivity contribution in [2.75, 3.05) is 12.4 Å². The molecule has 0 atom stereocenters. The number of benzene rings is 1. The van der Waals surface area contributed by atoms with E-state index in [-0.39, 0.29) is 5.92 Å². The van der Waals surface area contributed by atoms with Crippen molar-refractivity contribution in [3.05, 3.63) is 41.2 Å². The molecule has 0 amide bonds. The lowest BCUT2D eigenvalue weighted by atomic mass is 10.1. The maximum absolute atomic E-state index is 6.01. The molecule has 4 nitrogen and oxygen atoms in total. The van der Waals surface area contributed by atoms with Gasteiger partial charge in [-0.1, -0.05) is 31.5 Å². The van der Waals surface area contributed by atoms with Crippen LogP contribution in [0, 0.1) is 13.8 Å². The van der Waals surface area contributed by atoms with E-state index in [2.05, 4.69) is 42.1 Å². The van der Waals surface area contributed by atoms with Crippen LogP contribution >= 0.6 is 0 Å². The van der Waals surface area contributed by atoms with Crippen LogP contribution in [0.25, 0.3) is 0 Å². The Labute approximate surface area is 120 Å². The number of ether oxygens (including phenoxy) is 1. The van der Waals surface area contributed by atoms with Gasteiger partial charge in [-0.15, -0.1) is 0 Å². The van der Waals surface area contributed by atoms with Crippen LogP contribution in [0.4, 0.5) is 5.82 Å². The third-order valence-corrected chi connectivity index (χ3v) is 3.20. The van der Waals surface area contributed by atoms with Gasteiger partial charge >= 0.3 is 0 Å². The van der Waals surface area contributed by atoms with Gasteiger partial charge in [0, 0.05) is 7.05 Å². The third kappa shape index (κ3) is 2.90. The lowest BCUT2D eigenvalue weighted by molar-refractivity contribution is 0.448. The van der Waals surface area contributed by atoms with Gasteiger partial charge in [0.05, 0.1) is 5.56 Å². The minimum atomic E-state index is 0.277. The molecule has 0 spiro atoms. The second kappa shape index (κ2) is 5.90. The molecule has 2 rings (SSSR count). The van der Waals surface area contributed by atoms with Crippen LogP contribution in [0.15, 0.2) is 24.5 Å². The summed E-state index contributed by atoms with van der Waals surface area (Å²) in [5, 5.41) is 3.10. The van der Waals surface area contributed by atoms with Gasteiger partial charge in [0.25, 0.3) is 0 Å². The zero-order chi connectivity index (χ0) is 14.7. The quantitative estimate of drug-likeness (QED) is 0.911. The zero-order valence-electron chi connectivity index (χ0n) is 12.7. The molecule has 0 saturated heterocycles. The Morgan fingerprint density at radius 2 is 1.90 bits per heavy atom. The summed E-state index contributed by atoms with van der Waals surface area (Å²) in [4.78, 5) is 8.55. The first-order chi connectivity index (χ1) is 9.52. The van der Waals surface area contributed by atoms with Crippen LogP contribution in [0.2, 0.25) is 0 Å². The smallest absolute Gasteiger partial charge is 0.227 e. The number of rotatable bonds is 4. The molecule has 2 aromatic rings. The lowest BCUT2D eigenvalue weighted by Gasteiger charge is -2.16. The Kier molecular flexibility index (Phi) is 4.23. The van der Waals surface area contributed by atoms with Gasteiger partial charge in [-0.05, 0) is 31.4 Å². The Bertz CT molecular complexity index is 609. The fraction of sp³-hybridized carbons (Fsp3) is 0.375. The number of hydrogen-bond donors (Lipinski definition) is 1. The molecule has 0 aliphatic carbocycles. The van der Waals surface area contributed by atoms with Gasteiger partial charge in [-0.3, -0.25) is 0 Å². The number of aromatic nitrogens is 2. The van der Waals surface area contributed by atoms with Crippen molar-refractivity contribution in [2.45, 2.75) is 33.6 Å². The van der Waals surface area contributed by atoms with Gasteiger partial charge in [0.15, 0.2) is 0 Å². The first kappa shape index (κ1) is 14.3. The minimum absolute atomic E-state index is 0.277.